The summed E-state index contributed by atoms with van der Waals surface area (Å²) in [5, 5.41) is 17.3. The number of aliphatic carboxylic acids is 1. The van der Waals surface area contributed by atoms with Gasteiger partial charge in [0, 0.05) is 12.2 Å². The molecule has 0 radical (unpaired) electrons. The summed E-state index contributed by atoms with van der Waals surface area (Å²) in [4.78, 5) is 17.5. The zero-order valence-electron chi connectivity index (χ0n) is 17.6. The Morgan fingerprint density at radius 3 is 2.45 bits per heavy atom. The third kappa shape index (κ3) is 4.75. The Bertz CT molecular complexity index is 1300. The first-order valence-electron chi connectivity index (χ1n) is 9.43. The SMILES string of the molecule is Cc1onc(-c2nn(C(C)C)c3c(Cl)cnc(N)c23)c1-c1ccccn1.O=C(O)C(F)(F)F. The zero-order valence-corrected chi connectivity index (χ0v) is 18.3. The molecule has 4 rings (SSSR count). The van der Waals surface area contributed by atoms with Crippen LogP contribution in [-0.2, 0) is 4.79 Å². The number of nitrogen functional groups attached to an aromatic ring is 1. The lowest BCUT2D eigenvalue weighted by Gasteiger charge is -2.07. The third-order valence-corrected chi connectivity index (χ3v) is 4.73. The van der Waals surface area contributed by atoms with Crippen molar-refractivity contribution >= 4 is 34.3 Å². The molecule has 174 valence electrons. The number of carbonyl (C=O) groups is 1. The minimum absolute atomic E-state index is 0.0804. The van der Waals surface area contributed by atoms with Crippen molar-refractivity contribution in [1.82, 2.24) is 24.9 Å². The van der Waals surface area contributed by atoms with E-state index < -0.39 is 12.1 Å². The fraction of sp³-hybridized carbons (Fsp3) is 0.250. The number of nitrogens with two attached hydrogens (primary N) is 1. The van der Waals surface area contributed by atoms with Crippen LogP contribution in [0.4, 0.5) is 19.0 Å². The molecule has 0 aliphatic heterocycles. The molecular formula is C20H18ClF3N6O3. The number of aromatic nitrogens is 5. The zero-order chi connectivity index (χ0) is 24.5. The van der Waals surface area contributed by atoms with E-state index in [4.69, 9.17) is 36.9 Å². The number of pyridine rings is 2. The van der Waals surface area contributed by atoms with Crippen molar-refractivity contribution in [2.75, 3.05) is 5.73 Å². The number of aryl methyl sites for hydroxylation is 1. The lowest BCUT2D eigenvalue weighted by molar-refractivity contribution is -0.192. The van der Waals surface area contributed by atoms with Gasteiger partial charge in [0.05, 0.1) is 33.4 Å². The maximum absolute atomic E-state index is 10.6. The molecule has 0 amide bonds. The van der Waals surface area contributed by atoms with Gasteiger partial charge in [0.2, 0.25) is 0 Å². The summed E-state index contributed by atoms with van der Waals surface area (Å²) in [5.74, 6) is -1.76. The van der Waals surface area contributed by atoms with Gasteiger partial charge in [-0.2, -0.15) is 18.3 Å². The van der Waals surface area contributed by atoms with E-state index in [1.165, 1.54) is 6.20 Å². The van der Waals surface area contributed by atoms with Gasteiger partial charge < -0.3 is 15.4 Å². The van der Waals surface area contributed by atoms with Crippen molar-refractivity contribution in [2.24, 2.45) is 0 Å². The number of halogens is 4. The Kier molecular flexibility index (Phi) is 6.58. The predicted molar refractivity (Wildman–Crippen MR) is 114 cm³/mol. The van der Waals surface area contributed by atoms with Gasteiger partial charge in [-0.3, -0.25) is 9.67 Å². The first kappa shape index (κ1) is 24.0. The number of alkyl halides is 3. The van der Waals surface area contributed by atoms with Gasteiger partial charge in [0.15, 0.2) is 0 Å². The highest BCUT2D eigenvalue weighted by molar-refractivity contribution is 6.35. The smallest absolute Gasteiger partial charge is 0.475 e. The van der Waals surface area contributed by atoms with E-state index in [2.05, 4.69) is 15.1 Å². The summed E-state index contributed by atoms with van der Waals surface area (Å²) in [5.41, 5.74) is 9.59. The van der Waals surface area contributed by atoms with E-state index in [0.29, 0.717) is 33.4 Å². The van der Waals surface area contributed by atoms with Gasteiger partial charge in [-0.15, -0.1) is 0 Å². The van der Waals surface area contributed by atoms with Crippen LogP contribution in [0.2, 0.25) is 5.02 Å². The second-order valence-corrected chi connectivity index (χ2v) is 7.49. The van der Waals surface area contributed by atoms with Crippen LogP contribution in [0.15, 0.2) is 35.1 Å². The van der Waals surface area contributed by atoms with Crippen LogP contribution in [0.25, 0.3) is 33.5 Å². The summed E-state index contributed by atoms with van der Waals surface area (Å²) in [6.45, 7) is 5.89. The highest BCUT2D eigenvalue weighted by atomic mass is 35.5. The molecule has 0 atom stereocenters. The van der Waals surface area contributed by atoms with Crippen molar-refractivity contribution in [2.45, 2.75) is 33.0 Å². The van der Waals surface area contributed by atoms with Crippen molar-refractivity contribution in [3.8, 4) is 22.6 Å². The van der Waals surface area contributed by atoms with Gasteiger partial charge >= 0.3 is 12.1 Å². The van der Waals surface area contributed by atoms with E-state index >= 15 is 0 Å². The number of carboxylic acids is 1. The van der Waals surface area contributed by atoms with Gasteiger partial charge in [-0.05, 0) is 32.9 Å². The van der Waals surface area contributed by atoms with E-state index in [1.807, 2.05) is 43.7 Å². The number of hydrogen-bond acceptors (Lipinski definition) is 7. The lowest BCUT2D eigenvalue weighted by atomic mass is 10.1. The fourth-order valence-electron chi connectivity index (χ4n) is 3.04. The summed E-state index contributed by atoms with van der Waals surface area (Å²) in [6, 6.07) is 5.75. The van der Waals surface area contributed by atoms with Gasteiger partial charge in [0.1, 0.15) is 23.0 Å². The van der Waals surface area contributed by atoms with Crippen LogP contribution in [0.1, 0.15) is 25.6 Å². The van der Waals surface area contributed by atoms with Gasteiger partial charge in [-0.25, -0.2) is 9.78 Å². The molecule has 0 aliphatic carbocycles. The number of hydrogen-bond donors (Lipinski definition) is 2. The quantitative estimate of drug-likeness (QED) is 0.421. The topological polar surface area (TPSA) is 133 Å². The Hall–Kier alpha value is -3.67. The molecule has 4 aromatic heterocycles. The van der Waals surface area contributed by atoms with E-state index in [9.17, 15) is 13.2 Å². The Balaban J connectivity index is 0.000000383. The molecule has 0 saturated carbocycles. The summed E-state index contributed by atoms with van der Waals surface area (Å²) in [7, 11) is 0. The third-order valence-electron chi connectivity index (χ3n) is 4.45. The maximum atomic E-state index is 10.6. The Labute approximate surface area is 190 Å². The fourth-order valence-corrected chi connectivity index (χ4v) is 3.27. The molecule has 0 bridgehead atoms. The molecule has 3 N–H and O–H groups in total. The van der Waals surface area contributed by atoms with Crippen molar-refractivity contribution < 1.29 is 27.6 Å². The minimum atomic E-state index is -5.08. The average molecular weight is 483 g/mol. The number of nitrogens with zero attached hydrogens (tertiary/aromatic N) is 5. The summed E-state index contributed by atoms with van der Waals surface area (Å²) in [6.07, 6.45) is -1.82. The van der Waals surface area contributed by atoms with Crippen LogP contribution in [0.3, 0.4) is 0 Å². The normalized spacial score (nSPS) is 11.5. The summed E-state index contributed by atoms with van der Waals surface area (Å²) >= 11 is 6.41. The first-order chi connectivity index (χ1) is 15.4. The van der Waals surface area contributed by atoms with Crippen molar-refractivity contribution in [3.05, 3.63) is 41.4 Å². The van der Waals surface area contributed by atoms with Crippen LogP contribution in [0.5, 0.6) is 0 Å². The average Bonchev–Trinajstić information content (AvgIpc) is 3.33. The molecule has 0 unspecified atom stereocenters. The molecule has 0 fully saturated rings. The molecule has 33 heavy (non-hydrogen) atoms. The van der Waals surface area contributed by atoms with Crippen LogP contribution in [0, 0.1) is 6.92 Å². The standard InChI is InChI=1S/C18H17ClN6O.C2HF3O2/c1-9(2)25-17-11(19)8-22-18(20)14(17)15(23-25)16-13(10(3)26-24-16)12-6-4-5-7-21-12;3-2(4,5)1(6)7/h4-9H,1-3H3,(H2,20,22);(H,6,7). The lowest BCUT2D eigenvalue weighted by Crippen LogP contribution is -2.21. The monoisotopic (exact) mass is 482 g/mol. The molecule has 0 saturated heterocycles. The van der Waals surface area contributed by atoms with Crippen LogP contribution >= 0.6 is 11.6 Å². The highest BCUT2D eigenvalue weighted by Crippen LogP contribution is 2.40. The maximum Gasteiger partial charge on any atom is 0.490 e. The van der Waals surface area contributed by atoms with Crippen molar-refractivity contribution in [3.63, 3.8) is 0 Å². The Morgan fingerprint density at radius 2 is 1.91 bits per heavy atom. The largest absolute Gasteiger partial charge is 0.490 e. The van der Waals surface area contributed by atoms with Crippen molar-refractivity contribution in [1.29, 1.82) is 0 Å². The summed E-state index contributed by atoms with van der Waals surface area (Å²) < 4.78 is 39.0. The molecule has 4 heterocycles. The molecule has 13 heteroatoms. The second kappa shape index (κ2) is 9.06. The number of carboxylic acid groups (broad SMARTS) is 1. The highest BCUT2D eigenvalue weighted by Gasteiger charge is 2.38. The van der Waals surface area contributed by atoms with E-state index in [1.54, 1.807) is 6.20 Å². The molecule has 4 aromatic rings. The van der Waals surface area contributed by atoms with Gasteiger partial charge in [-0.1, -0.05) is 22.8 Å². The molecular weight excluding hydrogens is 465 g/mol. The molecule has 0 aliphatic rings. The molecule has 0 spiro atoms. The molecule has 9 nitrogen and oxygen atoms in total. The second-order valence-electron chi connectivity index (χ2n) is 7.08. The Morgan fingerprint density at radius 1 is 1.24 bits per heavy atom. The van der Waals surface area contributed by atoms with E-state index in [-0.39, 0.29) is 6.04 Å². The number of anilines is 1. The number of rotatable bonds is 3. The van der Waals surface area contributed by atoms with Crippen LogP contribution in [-0.4, -0.2) is 42.2 Å². The van der Waals surface area contributed by atoms with E-state index in [0.717, 1.165) is 16.8 Å². The minimum Gasteiger partial charge on any atom is -0.475 e. The first-order valence-corrected chi connectivity index (χ1v) is 9.81. The number of fused-ring (bicyclic) bond motifs is 1. The molecule has 0 aromatic carbocycles. The predicted octanol–water partition coefficient (Wildman–Crippen LogP) is 4.91. The van der Waals surface area contributed by atoms with Gasteiger partial charge in [0.25, 0.3) is 0 Å². The van der Waals surface area contributed by atoms with Crippen LogP contribution < -0.4 is 5.73 Å².